The standard InChI is InChI=1S/C18H22FN/c19-18-11-9-17(10-12-18)13-15-20-14-5-4-8-16-6-2-1-3-7-16/h1-3,6-7,9-12,20H,4-5,8,13-15H2. The molecule has 0 spiro atoms. The lowest BCUT2D eigenvalue weighted by molar-refractivity contribution is 0.617. The van der Waals surface area contributed by atoms with Crippen molar-refractivity contribution >= 4 is 0 Å². The van der Waals surface area contributed by atoms with Gasteiger partial charge in [0, 0.05) is 0 Å². The Labute approximate surface area is 120 Å². The van der Waals surface area contributed by atoms with E-state index >= 15 is 0 Å². The molecule has 2 aromatic rings. The first kappa shape index (κ1) is 14.7. The maximum Gasteiger partial charge on any atom is 0.123 e. The first-order valence-corrected chi connectivity index (χ1v) is 7.34. The van der Waals surface area contributed by atoms with Crippen LogP contribution in [0, 0.1) is 5.82 Å². The normalized spacial score (nSPS) is 10.7. The van der Waals surface area contributed by atoms with Crippen LogP contribution >= 0.6 is 0 Å². The van der Waals surface area contributed by atoms with Crippen LogP contribution < -0.4 is 5.32 Å². The lowest BCUT2D eigenvalue weighted by Crippen LogP contribution is -2.18. The Morgan fingerprint density at radius 1 is 0.700 bits per heavy atom. The highest BCUT2D eigenvalue weighted by atomic mass is 19.1. The molecule has 0 fully saturated rings. The summed E-state index contributed by atoms with van der Waals surface area (Å²) in [5, 5.41) is 3.44. The summed E-state index contributed by atoms with van der Waals surface area (Å²) in [5.74, 6) is -0.164. The van der Waals surface area contributed by atoms with Gasteiger partial charge in [-0.15, -0.1) is 0 Å². The number of nitrogens with one attached hydrogen (secondary N) is 1. The van der Waals surface area contributed by atoms with Crippen LogP contribution in [0.4, 0.5) is 4.39 Å². The molecule has 1 N–H and O–H groups in total. The number of hydrogen-bond donors (Lipinski definition) is 1. The summed E-state index contributed by atoms with van der Waals surface area (Å²) in [5.41, 5.74) is 2.60. The molecule has 2 aromatic carbocycles. The molecule has 0 atom stereocenters. The zero-order chi connectivity index (χ0) is 14.0. The van der Waals surface area contributed by atoms with Gasteiger partial charge in [-0.3, -0.25) is 0 Å². The molecule has 106 valence electrons. The summed E-state index contributed by atoms with van der Waals surface area (Å²) in [6.07, 6.45) is 4.52. The number of benzene rings is 2. The van der Waals surface area contributed by atoms with Gasteiger partial charge in [-0.05, 0) is 62.0 Å². The lowest BCUT2D eigenvalue weighted by Gasteiger charge is -2.05. The van der Waals surface area contributed by atoms with Gasteiger partial charge in [0.1, 0.15) is 5.82 Å². The number of hydrogen-bond acceptors (Lipinski definition) is 1. The molecular weight excluding hydrogens is 249 g/mol. The second-order valence-corrected chi connectivity index (χ2v) is 5.07. The topological polar surface area (TPSA) is 12.0 Å². The number of unbranched alkanes of at least 4 members (excludes halogenated alkanes) is 1. The smallest absolute Gasteiger partial charge is 0.123 e. The quantitative estimate of drug-likeness (QED) is 0.716. The van der Waals surface area contributed by atoms with Gasteiger partial charge >= 0.3 is 0 Å². The molecule has 0 aliphatic carbocycles. The first-order valence-electron chi connectivity index (χ1n) is 7.34. The minimum atomic E-state index is -0.164. The molecule has 1 nitrogen and oxygen atoms in total. The SMILES string of the molecule is Fc1ccc(CCNCCCCc2ccccc2)cc1. The molecule has 20 heavy (non-hydrogen) atoms. The minimum absolute atomic E-state index is 0.164. The monoisotopic (exact) mass is 271 g/mol. The third-order valence-electron chi connectivity index (χ3n) is 3.42. The fourth-order valence-electron chi connectivity index (χ4n) is 2.23. The zero-order valence-electron chi connectivity index (χ0n) is 11.8. The van der Waals surface area contributed by atoms with Crippen LogP contribution in [0.5, 0.6) is 0 Å². The van der Waals surface area contributed by atoms with Crippen LogP contribution in [-0.4, -0.2) is 13.1 Å². The fourth-order valence-corrected chi connectivity index (χ4v) is 2.23. The van der Waals surface area contributed by atoms with Crippen LogP contribution in [0.25, 0.3) is 0 Å². The van der Waals surface area contributed by atoms with Gasteiger partial charge in [-0.1, -0.05) is 42.5 Å². The van der Waals surface area contributed by atoms with Gasteiger partial charge in [0.15, 0.2) is 0 Å². The summed E-state index contributed by atoms with van der Waals surface area (Å²) < 4.78 is 12.7. The molecule has 0 radical (unpaired) electrons. The van der Waals surface area contributed by atoms with Gasteiger partial charge in [0.25, 0.3) is 0 Å². The van der Waals surface area contributed by atoms with Crippen LogP contribution in [0.2, 0.25) is 0 Å². The van der Waals surface area contributed by atoms with E-state index in [0.29, 0.717) is 0 Å². The largest absolute Gasteiger partial charge is 0.316 e. The van der Waals surface area contributed by atoms with E-state index in [4.69, 9.17) is 0 Å². The summed E-state index contributed by atoms with van der Waals surface area (Å²) in [6, 6.07) is 17.4. The van der Waals surface area contributed by atoms with E-state index in [1.165, 1.54) is 36.1 Å². The second-order valence-electron chi connectivity index (χ2n) is 5.07. The number of halogens is 1. The summed E-state index contributed by atoms with van der Waals surface area (Å²) >= 11 is 0. The molecule has 2 rings (SSSR count). The van der Waals surface area contributed by atoms with E-state index in [1.807, 2.05) is 12.1 Å². The molecule has 0 saturated heterocycles. The highest BCUT2D eigenvalue weighted by Crippen LogP contribution is 2.04. The molecule has 0 heterocycles. The molecule has 2 heteroatoms. The zero-order valence-corrected chi connectivity index (χ0v) is 11.8. The molecule has 0 unspecified atom stereocenters. The summed E-state index contributed by atoms with van der Waals surface area (Å²) in [6.45, 7) is 2.00. The van der Waals surface area contributed by atoms with Crippen molar-refractivity contribution in [3.8, 4) is 0 Å². The third kappa shape index (κ3) is 5.54. The van der Waals surface area contributed by atoms with Crippen molar-refractivity contribution in [2.45, 2.75) is 25.7 Å². The van der Waals surface area contributed by atoms with E-state index in [-0.39, 0.29) is 5.82 Å². The Bertz CT molecular complexity index is 479. The van der Waals surface area contributed by atoms with E-state index in [1.54, 1.807) is 0 Å². The van der Waals surface area contributed by atoms with Gasteiger partial charge in [-0.25, -0.2) is 4.39 Å². The summed E-state index contributed by atoms with van der Waals surface area (Å²) in [4.78, 5) is 0. The van der Waals surface area contributed by atoms with Crippen LogP contribution in [0.3, 0.4) is 0 Å². The van der Waals surface area contributed by atoms with Crippen LogP contribution in [-0.2, 0) is 12.8 Å². The molecule has 0 saturated carbocycles. The van der Waals surface area contributed by atoms with Crippen molar-refractivity contribution in [2.75, 3.05) is 13.1 Å². The van der Waals surface area contributed by atoms with E-state index < -0.39 is 0 Å². The van der Waals surface area contributed by atoms with Gasteiger partial charge in [-0.2, -0.15) is 0 Å². The fraction of sp³-hybridized carbons (Fsp3) is 0.333. The Kier molecular flexibility index (Phi) is 6.25. The predicted molar refractivity (Wildman–Crippen MR) is 82.4 cm³/mol. The minimum Gasteiger partial charge on any atom is -0.316 e. The molecule has 0 aliphatic heterocycles. The van der Waals surface area contributed by atoms with Gasteiger partial charge in [0.2, 0.25) is 0 Å². The van der Waals surface area contributed by atoms with E-state index in [2.05, 4.69) is 35.6 Å². The molecule has 0 amide bonds. The average Bonchev–Trinajstić information content (AvgIpc) is 2.49. The Balaban J connectivity index is 1.51. The number of rotatable bonds is 8. The van der Waals surface area contributed by atoms with Crippen molar-refractivity contribution in [3.05, 3.63) is 71.5 Å². The number of aryl methyl sites for hydroxylation is 1. The van der Waals surface area contributed by atoms with Crippen molar-refractivity contribution in [2.24, 2.45) is 0 Å². The van der Waals surface area contributed by atoms with Crippen molar-refractivity contribution in [3.63, 3.8) is 0 Å². The maximum absolute atomic E-state index is 12.7. The predicted octanol–water partition coefficient (Wildman–Crippen LogP) is 3.98. The first-order chi connectivity index (χ1) is 9.84. The van der Waals surface area contributed by atoms with Crippen molar-refractivity contribution in [1.82, 2.24) is 5.32 Å². The average molecular weight is 271 g/mol. The Hall–Kier alpha value is -1.67. The third-order valence-corrected chi connectivity index (χ3v) is 3.42. The van der Waals surface area contributed by atoms with Gasteiger partial charge in [0.05, 0.1) is 0 Å². The van der Waals surface area contributed by atoms with Crippen LogP contribution in [0.1, 0.15) is 24.0 Å². The Morgan fingerprint density at radius 2 is 1.40 bits per heavy atom. The van der Waals surface area contributed by atoms with Crippen molar-refractivity contribution < 1.29 is 4.39 Å². The van der Waals surface area contributed by atoms with E-state index in [9.17, 15) is 4.39 Å². The van der Waals surface area contributed by atoms with Gasteiger partial charge < -0.3 is 5.32 Å². The second kappa shape index (κ2) is 8.49. The van der Waals surface area contributed by atoms with Crippen molar-refractivity contribution in [1.29, 1.82) is 0 Å². The van der Waals surface area contributed by atoms with E-state index in [0.717, 1.165) is 25.9 Å². The highest BCUT2D eigenvalue weighted by molar-refractivity contribution is 5.16. The molecule has 0 aromatic heterocycles. The summed E-state index contributed by atoms with van der Waals surface area (Å²) in [7, 11) is 0. The molecule has 0 bridgehead atoms. The maximum atomic E-state index is 12.7. The molecule has 0 aliphatic rings. The molecular formula is C18H22FN. The van der Waals surface area contributed by atoms with Crippen LogP contribution in [0.15, 0.2) is 54.6 Å². The lowest BCUT2D eigenvalue weighted by atomic mass is 10.1. The highest BCUT2D eigenvalue weighted by Gasteiger charge is 1.95. The Morgan fingerprint density at radius 3 is 2.15 bits per heavy atom.